The molecule has 6 rings (SSSR count). The van der Waals surface area contributed by atoms with Crippen molar-refractivity contribution in [3.8, 4) is 23.0 Å². The summed E-state index contributed by atoms with van der Waals surface area (Å²) in [6.07, 6.45) is 5.37. The Morgan fingerprint density at radius 2 is 1.81 bits per heavy atom. The Hall–Kier alpha value is -4.60. The highest BCUT2D eigenvalue weighted by Gasteiger charge is 2.18. The quantitative estimate of drug-likeness (QED) is 0.283. The number of nitrogens with one attached hydrogen (secondary N) is 1. The van der Waals surface area contributed by atoms with Crippen LogP contribution in [0.2, 0.25) is 0 Å². The number of hydrogen-bond acceptors (Lipinski definition) is 7. The number of likely N-dealkylation sites (N-methyl/N-ethyl adjacent to an activating group) is 1. The van der Waals surface area contributed by atoms with E-state index >= 15 is 0 Å². The lowest BCUT2D eigenvalue weighted by atomic mass is 10.1. The fourth-order valence-corrected chi connectivity index (χ4v) is 5.30. The van der Waals surface area contributed by atoms with Crippen LogP contribution in [0.5, 0.6) is 11.6 Å². The maximum atomic E-state index is 13.4. The topological polar surface area (TPSA) is 88.4 Å². The summed E-state index contributed by atoms with van der Waals surface area (Å²) in [6, 6.07) is 17.4. The molecule has 0 radical (unpaired) electrons. The Kier molecular flexibility index (Phi) is 7.69. The normalized spacial score (nSPS) is 14.3. The number of amides is 1. The lowest BCUT2D eigenvalue weighted by molar-refractivity contribution is 0.102. The van der Waals surface area contributed by atoms with Gasteiger partial charge < -0.3 is 19.5 Å². The van der Waals surface area contributed by atoms with Crippen LogP contribution < -0.4 is 10.1 Å². The van der Waals surface area contributed by atoms with Crippen LogP contribution in [0.1, 0.15) is 27.0 Å². The van der Waals surface area contributed by atoms with Crippen LogP contribution in [-0.2, 0) is 13.6 Å². The number of fused-ring (bicyclic) bond motifs is 1. The molecule has 42 heavy (non-hydrogen) atoms. The minimum absolute atomic E-state index is 0.196. The largest absolute Gasteiger partial charge is 0.437 e. The van der Waals surface area contributed by atoms with Gasteiger partial charge in [-0.15, -0.1) is 0 Å². The molecule has 5 aromatic rings. The maximum Gasteiger partial charge on any atom is 0.255 e. The number of aryl methyl sites for hydroxylation is 3. The average molecular weight is 562 g/mol. The van der Waals surface area contributed by atoms with E-state index in [2.05, 4.69) is 46.2 Å². The number of carbonyl (C=O) groups excluding carboxylic acids is 1. The molecule has 0 bridgehead atoms. The first-order chi connectivity index (χ1) is 20.3. The van der Waals surface area contributed by atoms with Gasteiger partial charge in [-0.25, -0.2) is 4.98 Å². The molecule has 1 aliphatic heterocycles. The summed E-state index contributed by atoms with van der Waals surface area (Å²) < 4.78 is 8.35. The summed E-state index contributed by atoms with van der Waals surface area (Å²) in [6.45, 7) is 9.12. The Bertz CT molecular complexity index is 1740. The van der Waals surface area contributed by atoms with Gasteiger partial charge in [0.2, 0.25) is 5.88 Å². The molecule has 0 saturated carbocycles. The number of ether oxygens (including phenoxy) is 1. The number of piperazine rings is 1. The van der Waals surface area contributed by atoms with E-state index in [4.69, 9.17) is 14.7 Å². The second-order valence-corrected chi connectivity index (χ2v) is 11.1. The molecule has 1 amide bonds. The predicted molar refractivity (Wildman–Crippen MR) is 165 cm³/mol. The Labute approximate surface area is 245 Å². The first-order valence-corrected chi connectivity index (χ1v) is 14.2. The van der Waals surface area contributed by atoms with Gasteiger partial charge in [0.25, 0.3) is 5.91 Å². The predicted octanol–water partition coefficient (Wildman–Crippen LogP) is 5.44. The van der Waals surface area contributed by atoms with Crippen molar-refractivity contribution in [3.05, 3.63) is 95.4 Å². The van der Waals surface area contributed by atoms with Crippen LogP contribution in [0.3, 0.4) is 0 Å². The zero-order valence-corrected chi connectivity index (χ0v) is 24.5. The van der Waals surface area contributed by atoms with Crippen molar-refractivity contribution in [1.82, 2.24) is 29.3 Å². The van der Waals surface area contributed by atoms with Crippen LogP contribution >= 0.6 is 0 Å². The van der Waals surface area contributed by atoms with Crippen LogP contribution in [0.4, 0.5) is 5.69 Å². The Morgan fingerprint density at radius 1 is 0.976 bits per heavy atom. The maximum absolute atomic E-state index is 13.4. The molecule has 3 aromatic heterocycles. The number of hydrogen-bond donors (Lipinski definition) is 1. The summed E-state index contributed by atoms with van der Waals surface area (Å²) in [7, 11) is 4.09. The van der Waals surface area contributed by atoms with Gasteiger partial charge in [0, 0.05) is 75.2 Å². The van der Waals surface area contributed by atoms with E-state index in [1.807, 2.05) is 61.1 Å². The molecule has 0 spiro atoms. The third-order valence-corrected chi connectivity index (χ3v) is 7.66. The third-order valence-electron chi connectivity index (χ3n) is 7.66. The minimum atomic E-state index is -0.196. The summed E-state index contributed by atoms with van der Waals surface area (Å²) in [5.74, 6) is 1.30. The van der Waals surface area contributed by atoms with Gasteiger partial charge >= 0.3 is 0 Å². The molecule has 1 N–H and O–H groups in total. The van der Waals surface area contributed by atoms with Gasteiger partial charge in [-0.2, -0.15) is 4.98 Å². The van der Waals surface area contributed by atoms with E-state index in [-0.39, 0.29) is 5.91 Å². The summed E-state index contributed by atoms with van der Waals surface area (Å²) in [5.41, 5.74) is 6.82. The van der Waals surface area contributed by atoms with Gasteiger partial charge in [-0.05, 0) is 80.1 Å². The fraction of sp³-hybridized carbons (Fsp3) is 0.273. The molecule has 2 aromatic carbocycles. The molecule has 214 valence electrons. The molecule has 9 nitrogen and oxygen atoms in total. The van der Waals surface area contributed by atoms with Crippen LogP contribution in [0.15, 0.2) is 73.2 Å². The molecule has 4 heterocycles. The van der Waals surface area contributed by atoms with Crippen molar-refractivity contribution in [2.24, 2.45) is 7.05 Å². The smallest absolute Gasteiger partial charge is 0.255 e. The highest BCUT2D eigenvalue weighted by molar-refractivity contribution is 6.04. The molecule has 9 heteroatoms. The van der Waals surface area contributed by atoms with Crippen molar-refractivity contribution in [1.29, 1.82) is 0 Å². The van der Waals surface area contributed by atoms with E-state index in [0.717, 1.165) is 66.1 Å². The van der Waals surface area contributed by atoms with E-state index in [9.17, 15) is 4.79 Å². The number of aromatic nitrogens is 4. The molecular weight excluding hydrogens is 526 g/mol. The van der Waals surface area contributed by atoms with Crippen molar-refractivity contribution in [2.75, 3.05) is 38.5 Å². The number of anilines is 1. The molecule has 0 atom stereocenters. The lowest BCUT2D eigenvalue weighted by Crippen LogP contribution is -2.43. The third kappa shape index (κ3) is 6.02. The highest BCUT2D eigenvalue weighted by Crippen LogP contribution is 2.32. The summed E-state index contributed by atoms with van der Waals surface area (Å²) in [4.78, 5) is 31.9. The Balaban J connectivity index is 1.24. The van der Waals surface area contributed by atoms with E-state index < -0.39 is 0 Å². The van der Waals surface area contributed by atoms with Gasteiger partial charge in [0.15, 0.2) is 5.82 Å². The average Bonchev–Trinajstić information content (AvgIpc) is 3.36. The number of pyridine rings is 1. The van der Waals surface area contributed by atoms with E-state index in [1.54, 1.807) is 18.5 Å². The SMILES string of the molecule is Cc1cc(CN2CCN(C)CC2)cc(NC(=O)c2ccc(C)c(Oc3nc(-c4cccnc4)nc4ccn(C)c34)c2)c1. The molecule has 1 aliphatic rings. The standard InChI is InChI=1S/C33H35N7O2/c1-22-16-24(21-40-14-12-38(3)13-15-40)18-27(17-22)35-32(41)25-8-7-23(2)29(19-25)42-33-30-28(9-11-39(30)4)36-31(37-33)26-6-5-10-34-20-26/h5-11,16-20H,12-15,21H2,1-4H3,(H,35,41). The summed E-state index contributed by atoms with van der Waals surface area (Å²) in [5, 5.41) is 3.10. The van der Waals surface area contributed by atoms with E-state index in [1.165, 1.54) is 5.56 Å². The van der Waals surface area contributed by atoms with Crippen molar-refractivity contribution < 1.29 is 9.53 Å². The van der Waals surface area contributed by atoms with Gasteiger partial charge in [-0.1, -0.05) is 12.1 Å². The van der Waals surface area contributed by atoms with E-state index in [0.29, 0.717) is 23.0 Å². The first-order valence-electron chi connectivity index (χ1n) is 14.2. The lowest BCUT2D eigenvalue weighted by Gasteiger charge is -2.32. The number of benzene rings is 2. The number of nitrogens with zero attached hydrogens (tertiary/aromatic N) is 6. The fourth-order valence-electron chi connectivity index (χ4n) is 5.30. The molecule has 1 fully saturated rings. The van der Waals surface area contributed by atoms with Crippen molar-refractivity contribution in [2.45, 2.75) is 20.4 Å². The van der Waals surface area contributed by atoms with Crippen LogP contribution in [0, 0.1) is 13.8 Å². The van der Waals surface area contributed by atoms with Gasteiger partial charge in [0.05, 0.1) is 5.52 Å². The van der Waals surface area contributed by atoms with Crippen molar-refractivity contribution in [3.63, 3.8) is 0 Å². The zero-order valence-electron chi connectivity index (χ0n) is 24.5. The van der Waals surface area contributed by atoms with Crippen LogP contribution in [-0.4, -0.2) is 68.5 Å². The van der Waals surface area contributed by atoms with Gasteiger partial charge in [-0.3, -0.25) is 14.7 Å². The van der Waals surface area contributed by atoms with Crippen molar-refractivity contribution >= 4 is 22.6 Å². The first kappa shape index (κ1) is 27.6. The number of carbonyl (C=O) groups is 1. The highest BCUT2D eigenvalue weighted by atomic mass is 16.5. The molecule has 0 aliphatic carbocycles. The second kappa shape index (κ2) is 11.7. The molecular formula is C33H35N7O2. The second-order valence-electron chi connectivity index (χ2n) is 11.1. The monoisotopic (exact) mass is 561 g/mol. The summed E-state index contributed by atoms with van der Waals surface area (Å²) >= 11 is 0. The zero-order chi connectivity index (χ0) is 29.2. The van der Waals surface area contributed by atoms with Gasteiger partial charge in [0.1, 0.15) is 11.3 Å². The molecule has 0 unspecified atom stereocenters. The minimum Gasteiger partial charge on any atom is -0.437 e. The molecule has 1 saturated heterocycles. The Morgan fingerprint density at radius 3 is 2.60 bits per heavy atom. The number of rotatable bonds is 7. The van der Waals surface area contributed by atoms with Crippen LogP contribution in [0.25, 0.3) is 22.4 Å².